The van der Waals surface area contributed by atoms with E-state index in [1.165, 1.54) is 26.7 Å². The first-order valence-electron chi connectivity index (χ1n) is 4.14. The SMILES string of the molecule is COC(CNC(=O)c1ccoc1)OC. The summed E-state index contributed by atoms with van der Waals surface area (Å²) in [7, 11) is 3.02. The van der Waals surface area contributed by atoms with Crippen LogP contribution in [0.1, 0.15) is 10.4 Å². The van der Waals surface area contributed by atoms with Gasteiger partial charge in [0.05, 0.1) is 18.4 Å². The highest BCUT2D eigenvalue weighted by atomic mass is 16.7. The Hall–Kier alpha value is -1.33. The number of carbonyl (C=O) groups is 1. The van der Waals surface area contributed by atoms with Gasteiger partial charge in [-0.2, -0.15) is 0 Å². The number of methoxy groups -OCH3 is 2. The summed E-state index contributed by atoms with van der Waals surface area (Å²) in [6, 6.07) is 1.59. The first-order valence-corrected chi connectivity index (χ1v) is 4.14. The van der Waals surface area contributed by atoms with E-state index in [1.54, 1.807) is 6.07 Å². The maximum absolute atomic E-state index is 11.4. The number of nitrogens with one attached hydrogen (secondary N) is 1. The summed E-state index contributed by atoms with van der Waals surface area (Å²) in [5.41, 5.74) is 0.482. The largest absolute Gasteiger partial charge is 0.472 e. The normalized spacial score (nSPS) is 10.5. The maximum Gasteiger partial charge on any atom is 0.254 e. The molecule has 1 aromatic heterocycles. The molecule has 0 fully saturated rings. The van der Waals surface area contributed by atoms with Crippen molar-refractivity contribution < 1.29 is 18.7 Å². The first kappa shape index (κ1) is 10.7. The lowest BCUT2D eigenvalue weighted by Crippen LogP contribution is -2.33. The summed E-state index contributed by atoms with van der Waals surface area (Å²) < 4.78 is 14.6. The quantitative estimate of drug-likeness (QED) is 0.706. The summed E-state index contributed by atoms with van der Waals surface area (Å²) in [6.07, 6.45) is 2.40. The Labute approximate surface area is 82.0 Å². The number of carbonyl (C=O) groups excluding carboxylic acids is 1. The van der Waals surface area contributed by atoms with Crippen LogP contribution in [-0.2, 0) is 9.47 Å². The minimum atomic E-state index is -0.425. The van der Waals surface area contributed by atoms with Crippen LogP contribution < -0.4 is 5.32 Å². The average Bonchev–Trinajstić information content (AvgIpc) is 2.72. The van der Waals surface area contributed by atoms with Crippen molar-refractivity contribution in [2.24, 2.45) is 0 Å². The van der Waals surface area contributed by atoms with Gasteiger partial charge in [0.15, 0.2) is 6.29 Å². The van der Waals surface area contributed by atoms with Gasteiger partial charge in [-0.05, 0) is 6.07 Å². The number of furan rings is 1. The third-order valence-electron chi connectivity index (χ3n) is 1.74. The van der Waals surface area contributed by atoms with Crippen LogP contribution in [-0.4, -0.2) is 33.0 Å². The lowest BCUT2D eigenvalue weighted by Gasteiger charge is -2.13. The highest BCUT2D eigenvalue weighted by molar-refractivity contribution is 5.93. The van der Waals surface area contributed by atoms with Gasteiger partial charge in [-0.15, -0.1) is 0 Å². The van der Waals surface area contributed by atoms with Crippen molar-refractivity contribution in [3.8, 4) is 0 Å². The Kier molecular flexibility index (Phi) is 4.15. The van der Waals surface area contributed by atoms with Gasteiger partial charge in [0, 0.05) is 14.2 Å². The number of hydrogen-bond acceptors (Lipinski definition) is 4. The van der Waals surface area contributed by atoms with Crippen LogP contribution in [0, 0.1) is 0 Å². The second kappa shape index (κ2) is 5.41. The van der Waals surface area contributed by atoms with E-state index in [1.807, 2.05) is 0 Å². The molecule has 0 aliphatic heterocycles. The molecule has 1 rings (SSSR count). The van der Waals surface area contributed by atoms with Gasteiger partial charge >= 0.3 is 0 Å². The molecule has 0 saturated heterocycles. The van der Waals surface area contributed by atoms with E-state index >= 15 is 0 Å². The van der Waals surface area contributed by atoms with Gasteiger partial charge in [0.2, 0.25) is 0 Å². The van der Waals surface area contributed by atoms with Crippen LogP contribution in [0.4, 0.5) is 0 Å². The molecule has 1 amide bonds. The molecule has 0 bridgehead atoms. The molecule has 5 nitrogen and oxygen atoms in total. The molecule has 0 aromatic carbocycles. The Balaban J connectivity index is 2.35. The van der Waals surface area contributed by atoms with Gasteiger partial charge < -0.3 is 19.2 Å². The zero-order chi connectivity index (χ0) is 10.4. The third kappa shape index (κ3) is 2.86. The van der Waals surface area contributed by atoms with Crippen molar-refractivity contribution in [1.82, 2.24) is 5.32 Å². The van der Waals surface area contributed by atoms with Crippen LogP contribution in [0.2, 0.25) is 0 Å². The maximum atomic E-state index is 11.4. The molecule has 0 unspecified atom stereocenters. The fourth-order valence-corrected chi connectivity index (χ4v) is 0.935. The fraction of sp³-hybridized carbons (Fsp3) is 0.444. The Morgan fingerprint density at radius 3 is 2.79 bits per heavy atom. The summed E-state index contributed by atoms with van der Waals surface area (Å²) in [6.45, 7) is 0.303. The van der Waals surface area contributed by atoms with Crippen LogP contribution in [0.3, 0.4) is 0 Å². The minimum Gasteiger partial charge on any atom is -0.472 e. The summed E-state index contributed by atoms with van der Waals surface area (Å²) >= 11 is 0. The topological polar surface area (TPSA) is 60.7 Å². The second-order valence-corrected chi connectivity index (χ2v) is 2.62. The summed E-state index contributed by atoms with van der Waals surface area (Å²) in [5, 5.41) is 2.64. The van der Waals surface area contributed by atoms with Crippen LogP contribution in [0.15, 0.2) is 23.0 Å². The van der Waals surface area contributed by atoms with Crippen molar-refractivity contribution in [1.29, 1.82) is 0 Å². The number of ether oxygens (including phenoxy) is 2. The fourth-order valence-electron chi connectivity index (χ4n) is 0.935. The van der Waals surface area contributed by atoms with Gasteiger partial charge in [-0.1, -0.05) is 0 Å². The molecule has 1 aromatic rings. The molecular formula is C9H13NO4. The van der Waals surface area contributed by atoms with Crippen LogP contribution in [0.5, 0.6) is 0 Å². The Morgan fingerprint density at radius 1 is 1.57 bits per heavy atom. The van der Waals surface area contributed by atoms with E-state index in [-0.39, 0.29) is 5.91 Å². The van der Waals surface area contributed by atoms with Crippen LogP contribution >= 0.6 is 0 Å². The van der Waals surface area contributed by atoms with E-state index in [0.29, 0.717) is 12.1 Å². The highest BCUT2D eigenvalue weighted by Gasteiger charge is 2.09. The van der Waals surface area contributed by atoms with Gasteiger partial charge in [0.1, 0.15) is 6.26 Å². The number of rotatable bonds is 5. The minimum absolute atomic E-state index is 0.210. The number of hydrogen-bond donors (Lipinski definition) is 1. The van der Waals surface area contributed by atoms with E-state index in [9.17, 15) is 4.79 Å². The summed E-state index contributed by atoms with van der Waals surface area (Å²) in [5.74, 6) is -0.210. The zero-order valence-electron chi connectivity index (χ0n) is 8.15. The Bertz CT molecular complexity index is 266. The molecule has 1 N–H and O–H groups in total. The molecule has 5 heteroatoms. The van der Waals surface area contributed by atoms with Crippen molar-refractivity contribution in [3.63, 3.8) is 0 Å². The van der Waals surface area contributed by atoms with Gasteiger partial charge in [-0.25, -0.2) is 0 Å². The van der Waals surface area contributed by atoms with Crippen LogP contribution in [0.25, 0.3) is 0 Å². The molecule has 0 aliphatic carbocycles. The van der Waals surface area contributed by atoms with Crippen molar-refractivity contribution in [2.75, 3.05) is 20.8 Å². The molecule has 78 valence electrons. The molecule has 1 heterocycles. The van der Waals surface area contributed by atoms with Crippen molar-refractivity contribution in [2.45, 2.75) is 6.29 Å². The molecule has 0 radical (unpaired) electrons. The third-order valence-corrected chi connectivity index (χ3v) is 1.74. The highest BCUT2D eigenvalue weighted by Crippen LogP contribution is 1.99. The van der Waals surface area contributed by atoms with E-state index in [4.69, 9.17) is 13.9 Å². The second-order valence-electron chi connectivity index (χ2n) is 2.62. The van der Waals surface area contributed by atoms with Crippen molar-refractivity contribution >= 4 is 5.91 Å². The lowest BCUT2D eigenvalue weighted by atomic mass is 10.3. The Morgan fingerprint density at radius 2 is 2.29 bits per heavy atom. The molecule has 0 spiro atoms. The molecule has 0 saturated carbocycles. The number of amides is 1. The molecule has 14 heavy (non-hydrogen) atoms. The van der Waals surface area contributed by atoms with Gasteiger partial charge in [0.25, 0.3) is 5.91 Å². The lowest BCUT2D eigenvalue weighted by molar-refractivity contribution is -0.0974. The van der Waals surface area contributed by atoms with Crippen molar-refractivity contribution in [3.05, 3.63) is 24.2 Å². The predicted octanol–water partition coefficient (Wildman–Crippen LogP) is 0.628. The van der Waals surface area contributed by atoms with E-state index in [2.05, 4.69) is 5.32 Å². The average molecular weight is 199 g/mol. The smallest absolute Gasteiger partial charge is 0.254 e. The summed E-state index contributed by atoms with van der Waals surface area (Å²) in [4.78, 5) is 11.4. The standard InChI is InChI=1S/C9H13NO4/c1-12-8(13-2)5-10-9(11)7-3-4-14-6-7/h3-4,6,8H,5H2,1-2H3,(H,10,11). The van der Waals surface area contributed by atoms with Gasteiger partial charge in [-0.3, -0.25) is 4.79 Å². The predicted molar refractivity (Wildman–Crippen MR) is 48.8 cm³/mol. The first-order chi connectivity index (χ1) is 6.77. The van der Waals surface area contributed by atoms with E-state index in [0.717, 1.165) is 0 Å². The monoisotopic (exact) mass is 199 g/mol. The van der Waals surface area contributed by atoms with E-state index < -0.39 is 6.29 Å². The molecule has 0 aliphatic rings. The molecular weight excluding hydrogens is 186 g/mol. The molecule has 0 atom stereocenters. The zero-order valence-corrected chi connectivity index (χ0v) is 8.15.